The van der Waals surface area contributed by atoms with E-state index in [1.807, 2.05) is 0 Å². The van der Waals surface area contributed by atoms with Crippen LogP contribution in [0.25, 0.3) is 0 Å². The average Bonchev–Trinajstić information content (AvgIpc) is 2.79. The molecule has 1 N–H and O–H groups in total. The van der Waals surface area contributed by atoms with Crippen molar-refractivity contribution < 1.29 is 13.2 Å². The molecule has 0 saturated carbocycles. The van der Waals surface area contributed by atoms with Gasteiger partial charge in [-0.15, -0.1) is 0 Å². The zero-order valence-electron chi connectivity index (χ0n) is 14.0. The molecule has 0 radical (unpaired) electrons. The number of piperidine rings is 1. The van der Waals surface area contributed by atoms with Crippen molar-refractivity contribution in [3.8, 4) is 0 Å². The minimum Gasteiger partial charge on any atom is -0.353 e. The van der Waals surface area contributed by atoms with Crippen LogP contribution in [-0.4, -0.2) is 43.0 Å². The summed E-state index contributed by atoms with van der Waals surface area (Å²) in [5, 5.41) is 4.19. The van der Waals surface area contributed by atoms with E-state index >= 15 is 0 Å². The number of halogens is 2. The maximum atomic E-state index is 12.3. The number of sulfonamides is 1. The molecule has 2 fully saturated rings. The van der Waals surface area contributed by atoms with Gasteiger partial charge in [-0.3, -0.25) is 4.79 Å². The highest BCUT2D eigenvalue weighted by Gasteiger charge is 2.45. The van der Waals surface area contributed by atoms with Crippen LogP contribution in [0.1, 0.15) is 37.7 Å². The Balaban J connectivity index is 1.55. The summed E-state index contributed by atoms with van der Waals surface area (Å²) in [6, 6.07) is 5.36. The quantitative estimate of drug-likeness (QED) is 0.819. The van der Waals surface area contributed by atoms with Crippen LogP contribution in [0.3, 0.4) is 0 Å². The second kappa shape index (κ2) is 7.43. The lowest BCUT2D eigenvalue weighted by Crippen LogP contribution is -2.52. The van der Waals surface area contributed by atoms with Gasteiger partial charge in [0.05, 0.1) is 6.26 Å². The summed E-state index contributed by atoms with van der Waals surface area (Å²) in [7, 11) is -3.18. The number of nitrogens with zero attached hydrogens (tertiary/aromatic N) is 1. The van der Waals surface area contributed by atoms with E-state index in [-0.39, 0.29) is 24.0 Å². The van der Waals surface area contributed by atoms with Crippen LogP contribution in [0, 0.1) is 0 Å². The summed E-state index contributed by atoms with van der Waals surface area (Å²) in [6.45, 7) is 0. The van der Waals surface area contributed by atoms with Crippen LogP contribution in [0.5, 0.6) is 0 Å². The summed E-state index contributed by atoms with van der Waals surface area (Å²) in [5.41, 5.74) is 0.785. The number of carbonyl (C=O) groups is 1. The van der Waals surface area contributed by atoms with Gasteiger partial charge in [-0.2, -0.15) is 4.31 Å². The first-order valence-electron chi connectivity index (χ1n) is 8.46. The molecule has 2 atom stereocenters. The summed E-state index contributed by atoms with van der Waals surface area (Å²) >= 11 is 12.3. The van der Waals surface area contributed by atoms with Gasteiger partial charge < -0.3 is 5.32 Å². The molecule has 5 nitrogen and oxygen atoms in total. The highest BCUT2D eigenvalue weighted by Crippen LogP contribution is 2.37. The van der Waals surface area contributed by atoms with Gasteiger partial charge in [-0.25, -0.2) is 8.42 Å². The minimum absolute atomic E-state index is 0.0112. The van der Waals surface area contributed by atoms with Gasteiger partial charge >= 0.3 is 0 Å². The van der Waals surface area contributed by atoms with Crippen LogP contribution < -0.4 is 5.32 Å². The molecule has 2 saturated heterocycles. The van der Waals surface area contributed by atoms with Crippen molar-refractivity contribution >= 4 is 39.1 Å². The Morgan fingerprint density at radius 3 is 2.28 bits per heavy atom. The maximum Gasteiger partial charge on any atom is 0.220 e. The lowest BCUT2D eigenvalue weighted by Gasteiger charge is -2.37. The van der Waals surface area contributed by atoms with Gasteiger partial charge in [0.25, 0.3) is 0 Å². The summed E-state index contributed by atoms with van der Waals surface area (Å²) < 4.78 is 25.5. The molecule has 2 aliphatic heterocycles. The monoisotopic (exact) mass is 404 g/mol. The van der Waals surface area contributed by atoms with Crippen molar-refractivity contribution in [3.05, 3.63) is 33.8 Å². The number of hydrogen-bond acceptors (Lipinski definition) is 3. The second-order valence-corrected chi connectivity index (χ2v) is 9.62. The molecule has 2 heterocycles. The number of amides is 1. The number of fused-ring (bicyclic) bond motifs is 2. The smallest absolute Gasteiger partial charge is 0.220 e. The highest BCUT2D eigenvalue weighted by atomic mass is 35.5. The predicted octanol–water partition coefficient (Wildman–Crippen LogP) is 3.00. The molecule has 1 aromatic rings. The molecule has 1 amide bonds. The molecule has 25 heavy (non-hydrogen) atoms. The number of benzene rings is 1. The minimum atomic E-state index is -3.18. The molecular weight excluding hydrogens is 383 g/mol. The third-order valence-electron chi connectivity index (χ3n) is 5.08. The summed E-state index contributed by atoms with van der Waals surface area (Å²) in [4.78, 5) is 12.3. The van der Waals surface area contributed by atoms with Crippen molar-refractivity contribution in [2.45, 2.75) is 56.7 Å². The Labute approximate surface area is 158 Å². The summed E-state index contributed by atoms with van der Waals surface area (Å²) in [5.74, 6) is -0.0480. The molecular formula is C17H22Cl2N2O3S. The highest BCUT2D eigenvalue weighted by molar-refractivity contribution is 7.88. The Bertz CT molecular complexity index is 735. The second-order valence-electron chi connectivity index (χ2n) is 6.91. The van der Waals surface area contributed by atoms with Gasteiger partial charge in [0.1, 0.15) is 0 Å². The first-order chi connectivity index (χ1) is 11.8. The zero-order valence-corrected chi connectivity index (χ0v) is 16.4. The number of rotatable bonds is 5. The molecule has 138 valence electrons. The predicted molar refractivity (Wildman–Crippen MR) is 99.4 cm³/mol. The van der Waals surface area contributed by atoms with E-state index in [1.165, 1.54) is 6.26 Å². The zero-order chi connectivity index (χ0) is 18.2. The van der Waals surface area contributed by atoms with E-state index in [9.17, 15) is 13.2 Å². The third kappa shape index (κ3) is 4.30. The SMILES string of the molecule is CS(=O)(=O)N1C2CCC1CC(NC(=O)CCc1c(Cl)cccc1Cl)C2. The fourth-order valence-corrected chi connectivity index (χ4v) is 6.16. The van der Waals surface area contributed by atoms with Crippen LogP contribution in [0.15, 0.2) is 18.2 Å². The molecule has 8 heteroatoms. The fourth-order valence-electron chi connectivity index (χ4n) is 4.10. The van der Waals surface area contributed by atoms with E-state index in [0.717, 1.165) is 18.4 Å². The Morgan fingerprint density at radius 2 is 1.76 bits per heavy atom. The molecule has 2 unspecified atom stereocenters. The van der Waals surface area contributed by atoms with Gasteiger partial charge in [0, 0.05) is 34.6 Å². The lowest BCUT2D eigenvalue weighted by molar-refractivity contribution is -0.122. The third-order valence-corrected chi connectivity index (χ3v) is 7.15. The molecule has 2 aliphatic rings. The van der Waals surface area contributed by atoms with Crippen molar-refractivity contribution in [3.63, 3.8) is 0 Å². The number of carbonyl (C=O) groups excluding carboxylic acids is 1. The van der Waals surface area contributed by atoms with E-state index in [4.69, 9.17) is 23.2 Å². The van der Waals surface area contributed by atoms with Crippen LogP contribution >= 0.6 is 23.2 Å². The topological polar surface area (TPSA) is 66.5 Å². The molecule has 2 bridgehead atoms. The molecule has 3 rings (SSSR count). The van der Waals surface area contributed by atoms with Crippen LogP contribution in [0.2, 0.25) is 10.0 Å². The fraction of sp³-hybridized carbons (Fsp3) is 0.588. The van der Waals surface area contributed by atoms with Gasteiger partial charge in [-0.1, -0.05) is 29.3 Å². The molecule has 0 aromatic heterocycles. The van der Waals surface area contributed by atoms with E-state index in [1.54, 1.807) is 22.5 Å². The van der Waals surface area contributed by atoms with Crippen LogP contribution in [0.4, 0.5) is 0 Å². The van der Waals surface area contributed by atoms with Gasteiger partial charge in [0.15, 0.2) is 0 Å². The Hall–Kier alpha value is -0.820. The Morgan fingerprint density at radius 1 is 1.20 bits per heavy atom. The van der Waals surface area contributed by atoms with E-state index in [2.05, 4.69) is 5.32 Å². The van der Waals surface area contributed by atoms with E-state index in [0.29, 0.717) is 35.7 Å². The Kier molecular flexibility index (Phi) is 5.63. The standard InChI is InChI=1S/C17H22Cl2N2O3S/c1-25(23,24)21-12-5-6-13(21)10-11(9-12)20-17(22)8-7-14-15(18)3-2-4-16(14)19/h2-4,11-13H,5-10H2,1H3,(H,20,22). The van der Waals surface area contributed by atoms with Crippen molar-refractivity contribution in [1.82, 2.24) is 9.62 Å². The van der Waals surface area contributed by atoms with Crippen molar-refractivity contribution in [2.75, 3.05) is 6.26 Å². The average molecular weight is 405 g/mol. The van der Waals surface area contributed by atoms with Crippen LogP contribution in [-0.2, 0) is 21.2 Å². The van der Waals surface area contributed by atoms with Gasteiger partial charge in [0.2, 0.25) is 15.9 Å². The largest absolute Gasteiger partial charge is 0.353 e. The number of hydrogen-bond donors (Lipinski definition) is 1. The van der Waals surface area contributed by atoms with Gasteiger partial charge in [-0.05, 0) is 49.8 Å². The number of nitrogens with one attached hydrogen (secondary N) is 1. The first kappa shape index (κ1) is 19.0. The molecule has 0 spiro atoms. The molecule has 1 aromatic carbocycles. The van der Waals surface area contributed by atoms with Crippen molar-refractivity contribution in [2.24, 2.45) is 0 Å². The summed E-state index contributed by atoms with van der Waals surface area (Å²) in [6.07, 6.45) is 5.18. The first-order valence-corrected chi connectivity index (χ1v) is 11.1. The normalized spacial score (nSPS) is 26.6. The maximum absolute atomic E-state index is 12.3. The lowest BCUT2D eigenvalue weighted by atomic mass is 9.99. The van der Waals surface area contributed by atoms with Crippen molar-refractivity contribution in [1.29, 1.82) is 0 Å². The molecule has 0 aliphatic carbocycles. The van der Waals surface area contributed by atoms with E-state index < -0.39 is 10.0 Å².